The lowest BCUT2D eigenvalue weighted by Crippen LogP contribution is -2.21. The van der Waals surface area contributed by atoms with E-state index in [-0.39, 0.29) is 4.32 Å². The summed E-state index contributed by atoms with van der Waals surface area (Å²) in [4.78, 5) is 0. The van der Waals surface area contributed by atoms with Crippen LogP contribution in [0.3, 0.4) is 0 Å². The molecule has 1 atom stereocenters. The number of hydrogen-bond acceptors (Lipinski definition) is 0. The summed E-state index contributed by atoms with van der Waals surface area (Å²) in [6.45, 7) is 0. The lowest BCUT2D eigenvalue weighted by molar-refractivity contribution is 0.723. The van der Waals surface area contributed by atoms with Gasteiger partial charge in [-0.3, -0.25) is 0 Å². The van der Waals surface area contributed by atoms with Crippen molar-refractivity contribution < 1.29 is 0 Å². The minimum atomic E-state index is 0.0889. The highest BCUT2D eigenvalue weighted by Crippen LogP contribution is 2.33. The minimum Gasteiger partial charge on any atom is -0.0828 e. The molecule has 0 aliphatic heterocycles. The normalized spacial score (nSPS) is 24.4. The lowest BCUT2D eigenvalue weighted by atomic mass is 9.93. The molecule has 0 saturated carbocycles. The fourth-order valence-electron chi connectivity index (χ4n) is 1.73. The highest BCUT2D eigenvalue weighted by atomic mass is 79.9. The SMILES string of the molecule is Brc1ccccc1CC1(Br)C=CC=CC1. The van der Waals surface area contributed by atoms with Gasteiger partial charge in [-0.1, -0.05) is 74.4 Å². The molecular formula is C13H12Br2. The van der Waals surface area contributed by atoms with Crippen molar-refractivity contribution in [3.63, 3.8) is 0 Å². The first-order valence-corrected chi connectivity index (χ1v) is 6.55. The molecule has 0 saturated heterocycles. The van der Waals surface area contributed by atoms with Crippen molar-refractivity contribution in [2.24, 2.45) is 0 Å². The molecule has 1 unspecified atom stereocenters. The molecule has 0 bridgehead atoms. The van der Waals surface area contributed by atoms with Gasteiger partial charge in [-0.25, -0.2) is 0 Å². The van der Waals surface area contributed by atoms with Crippen molar-refractivity contribution in [3.05, 3.63) is 58.6 Å². The van der Waals surface area contributed by atoms with Gasteiger partial charge in [-0.2, -0.15) is 0 Å². The molecule has 0 aromatic heterocycles. The summed E-state index contributed by atoms with van der Waals surface area (Å²) in [5, 5.41) is 0. The summed E-state index contributed by atoms with van der Waals surface area (Å²) >= 11 is 7.39. The molecule has 2 heteroatoms. The summed E-state index contributed by atoms with van der Waals surface area (Å²) in [6, 6.07) is 8.39. The van der Waals surface area contributed by atoms with Crippen LogP contribution in [-0.2, 0) is 6.42 Å². The maximum absolute atomic E-state index is 3.81. The van der Waals surface area contributed by atoms with Crippen molar-refractivity contribution in [1.82, 2.24) is 0 Å². The topological polar surface area (TPSA) is 0 Å². The van der Waals surface area contributed by atoms with Gasteiger partial charge in [0, 0.05) is 4.47 Å². The van der Waals surface area contributed by atoms with E-state index in [0.717, 1.165) is 12.8 Å². The van der Waals surface area contributed by atoms with Crippen LogP contribution < -0.4 is 0 Å². The number of rotatable bonds is 2. The molecular weight excluding hydrogens is 316 g/mol. The second-order valence-corrected chi connectivity index (χ2v) is 6.23. The van der Waals surface area contributed by atoms with Crippen LogP contribution in [0.15, 0.2) is 53.0 Å². The highest BCUT2D eigenvalue weighted by Gasteiger charge is 2.24. The molecule has 0 heterocycles. The van der Waals surface area contributed by atoms with Gasteiger partial charge in [0.05, 0.1) is 4.32 Å². The van der Waals surface area contributed by atoms with Gasteiger partial charge >= 0.3 is 0 Å². The number of benzene rings is 1. The number of hydrogen-bond donors (Lipinski definition) is 0. The summed E-state index contributed by atoms with van der Waals surface area (Å²) in [7, 11) is 0. The zero-order chi connectivity index (χ0) is 10.7. The van der Waals surface area contributed by atoms with Crippen molar-refractivity contribution in [3.8, 4) is 0 Å². The first kappa shape index (κ1) is 11.2. The Morgan fingerprint density at radius 1 is 1.20 bits per heavy atom. The molecule has 1 aromatic rings. The van der Waals surface area contributed by atoms with Crippen LogP contribution in [0.5, 0.6) is 0 Å². The fourth-order valence-corrected chi connectivity index (χ4v) is 2.79. The second kappa shape index (κ2) is 4.67. The van der Waals surface area contributed by atoms with Crippen LogP contribution in [0.4, 0.5) is 0 Å². The third kappa shape index (κ3) is 2.82. The molecule has 78 valence electrons. The second-order valence-electron chi connectivity index (χ2n) is 3.79. The van der Waals surface area contributed by atoms with Crippen molar-refractivity contribution in [2.75, 3.05) is 0 Å². The van der Waals surface area contributed by atoms with E-state index in [0.29, 0.717) is 0 Å². The molecule has 2 rings (SSSR count). The first-order chi connectivity index (χ1) is 7.20. The Hall–Kier alpha value is -0.340. The zero-order valence-electron chi connectivity index (χ0n) is 8.29. The Kier molecular flexibility index (Phi) is 3.47. The number of allylic oxidation sites excluding steroid dienone is 4. The minimum absolute atomic E-state index is 0.0889. The average molecular weight is 328 g/mol. The van der Waals surface area contributed by atoms with Crippen LogP contribution in [0.2, 0.25) is 0 Å². The predicted molar refractivity (Wildman–Crippen MR) is 72.4 cm³/mol. The van der Waals surface area contributed by atoms with Gasteiger partial charge in [-0.15, -0.1) is 0 Å². The Balaban J connectivity index is 2.18. The number of alkyl halides is 1. The van der Waals surface area contributed by atoms with E-state index in [4.69, 9.17) is 0 Å². The maximum atomic E-state index is 3.81. The zero-order valence-corrected chi connectivity index (χ0v) is 11.5. The maximum Gasteiger partial charge on any atom is 0.0514 e. The molecule has 15 heavy (non-hydrogen) atoms. The predicted octanol–water partition coefficient (Wildman–Crippen LogP) is 4.64. The number of halogens is 2. The quantitative estimate of drug-likeness (QED) is 0.694. The van der Waals surface area contributed by atoms with Gasteiger partial charge in [0.1, 0.15) is 0 Å². The van der Waals surface area contributed by atoms with E-state index < -0.39 is 0 Å². The van der Waals surface area contributed by atoms with Crippen LogP contribution in [-0.4, -0.2) is 4.32 Å². The third-order valence-corrected chi connectivity index (χ3v) is 4.18. The van der Waals surface area contributed by atoms with Gasteiger partial charge < -0.3 is 0 Å². The molecule has 1 aromatic carbocycles. The van der Waals surface area contributed by atoms with E-state index >= 15 is 0 Å². The van der Waals surface area contributed by atoms with Crippen molar-refractivity contribution in [2.45, 2.75) is 17.2 Å². The van der Waals surface area contributed by atoms with Crippen molar-refractivity contribution in [1.29, 1.82) is 0 Å². The van der Waals surface area contributed by atoms with Crippen LogP contribution in [0.1, 0.15) is 12.0 Å². The molecule has 0 radical (unpaired) electrons. The highest BCUT2D eigenvalue weighted by molar-refractivity contribution is 9.10. The summed E-state index contributed by atoms with van der Waals surface area (Å²) in [6.07, 6.45) is 10.7. The molecule has 0 N–H and O–H groups in total. The Labute approximate surface area is 107 Å². The average Bonchev–Trinajstić information content (AvgIpc) is 2.22. The summed E-state index contributed by atoms with van der Waals surface area (Å²) in [5.41, 5.74) is 1.34. The van der Waals surface area contributed by atoms with Crippen molar-refractivity contribution >= 4 is 31.9 Å². The van der Waals surface area contributed by atoms with E-state index in [1.165, 1.54) is 10.0 Å². The van der Waals surface area contributed by atoms with E-state index in [1.54, 1.807) is 0 Å². The Morgan fingerprint density at radius 3 is 2.67 bits per heavy atom. The molecule has 1 aliphatic rings. The Bertz CT molecular complexity index is 407. The summed E-state index contributed by atoms with van der Waals surface area (Å²) < 4.78 is 1.28. The standard InChI is InChI=1S/C13H12Br2/c14-12-7-3-2-6-11(12)10-13(15)8-4-1-5-9-13/h1-8H,9-10H2. The smallest absolute Gasteiger partial charge is 0.0514 e. The van der Waals surface area contributed by atoms with E-state index in [1.807, 2.05) is 6.07 Å². The van der Waals surface area contributed by atoms with Gasteiger partial charge in [0.15, 0.2) is 0 Å². The monoisotopic (exact) mass is 326 g/mol. The molecule has 1 aliphatic carbocycles. The summed E-state index contributed by atoms with van der Waals surface area (Å²) in [5.74, 6) is 0. The Morgan fingerprint density at radius 2 is 2.00 bits per heavy atom. The van der Waals surface area contributed by atoms with Gasteiger partial charge in [-0.05, 0) is 24.5 Å². The van der Waals surface area contributed by atoms with E-state index in [2.05, 4.69) is 74.4 Å². The lowest BCUT2D eigenvalue weighted by Gasteiger charge is -2.24. The van der Waals surface area contributed by atoms with Crippen LogP contribution >= 0.6 is 31.9 Å². The first-order valence-electron chi connectivity index (χ1n) is 4.96. The van der Waals surface area contributed by atoms with Crippen LogP contribution in [0, 0.1) is 0 Å². The molecule has 0 fully saturated rings. The molecule has 0 spiro atoms. The largest absolute Gasteiger partial charge is 0.0828 e. The van der Waals surface area contributed by atoms with Crippen LogP contribution in [0.25, 0.3) is 0 Å². The van der Waals surface area contributed by atoms with E-state index in [9.17, 15) is 0 Å². The van der Waals surface area contributed by atoms with Gasteiger partial charge in [0.2, 0.25) is 0 Å². The fraction of sp³-hybridized carbons (Fsp3) is 0.231. The molecule has 0 amide bonds. The third-order valence-electron chi connectivity index (χ3n) is 2.54. The van der Waals surface area contributed by atoms with Gasteiger partial charge in [0.25, 0.3) is 0 Å². The molecule has 0 nitrogen and oxygen atoms in total.